The van der Waals surface area contributed by atoms with E-state index in [1.165, 1.54) is 10.7 Å². The molecule has 9 nitrogen and oxygen atoms in total. The second-order valence-electron chi connectivity index (χ2n) is 9.70. The van der Waals surface area contributed by atoms with Gasteiger partial charge in [0, 0.05) is 37.5 Å². The first-order valence-electron chi connectivity index (χ1n) is 12.5. The van der Waals surface area contributed by atoms with Gasteiger partial charge in [0.15, 0.2) is 0 Å². The monoisotopic (exact) mass is 484 g/mol. The van der Waals surface area contributed by atoms with Crippen LogP contribution in [0.5, 0.6) is 0 Å². The van der Waals surface area contributed by atoms with Crippen molar-refractivity contribution in [2.45, 2.75) is 51.5 Å². The number of nitrogens with zero attached hydrogens (tertiary/aromatic N) is 6. The number of fused-ring (bicyclic) bond motifs is 1. The minimum atomic E-state index is -0.349. The number of piperidine rings is 2. The Balaban J connectivity index is 1.24. The van der Waals surface area contributed by atoms with Crippen LogP contribution in [0, 0.1) is 11.7 Å². The van der Waals surface area contributed by atoms with Crippen LogP contribution in [-0.2, 0) is 16.0 Å². The Hall–Kier alpha value is -2.85. The fourth-order valence-corrected chi connectivity index (χ4v) is 5.67. The number of hydrogen-bond donors (Lipinski definition) is 0. The molecule has 188 valence electrons. The van der Waals surface area contributed by atoms with Crippen LogP contribution in [0.1, 0.15) is 50.6 Å². The maximum Gasteiger partial charge on any atom is 0.291 e. The Morgan fingerprint density at radius 2 is 2.03 bits per heavy atom. The molecule has 10 heteroatoms. The number of aromatic nitrogens is 4. The van der Waals surface area contributed by atoms with Crippen molar-refractivity contribution in [1.82, 2.24) is 29.7 Å². The molecule has 0 radical (unpaired) electrons. The molecular formula is C25H33FN6O3. The lowest BCUT2D eigenvalue weighted by atomic mass is 9.88. The number of hydrogen-bond acceptors (Lipinski definition) is 7. The van der Waals surface area contributed by atoms with E-state index in [4.69, 9.17) is 9.26 Å². The third-order valence-corrected chi connectivity index (χ3v) is 7.51. The summed E-state index contributed by atoms with van der Waals surface area (Å²) in [6, 6.07) is 5.46. The highest BCUT2D eigenvalue weighted by molar-refractivity contribution is 5.83. The number of benzene rings is 1. The fraction of sp³-hybridized carbons (Fsp3) is 0.600. The van der Waals surface area contributed by atoms with E-state index >= 15 is 0 Å². The van der Waals surface area contributed by atoms with Gasteiger partial charge in [-0.2, -0.15) is 14.8 Å². The number of halogens is 1. The molecule has 2 aliphatic heterocycles. The summed E-state index contributed by atoms with van der Waals surface area (Å²) in [4.78, 5) is 21.3. The number of methoxy groups -OCH3 is 1. The molecule has 0 N–H and O–H groups in total. The molecule has 2 unspecified atom stereocenters. The molecule has 0 bridgehead atoms. The average molecular weight is 485 g/mol. The number of amides is 1. The maximum atomic E-state index is 14.6. The van der Waals surface area contributed by atoms with Gasteiger partial charge in [-0.3, -0.25) is 9.69 Å². The van der Waals surface area contributed by atoms with Gasteiger partial charge >= 0.3 is 0 Å². The maximum absolute atomic E-state index is 14.6. The standard InChI is InChI=1S/C25H33FN6O3/c1-4-20-18-6-5-7-19(26)23(18)32(28-20)25-27-24(35-29-25)17-8-11-30(12-9-17)21-10-13-31(14-16(21)2)22(33)15-34-3/h5-7,16-17,21H,4,8-15H2,1-3H3. The van der Waals surface area contributed by atoms with E-state index in [9.17, 15) is 9.18 Å². The number of carbonyl (C=O) groups is 1. The highest BCUT2D eigenvalue weighted by Gasteiger charge is 2.35. The summed E-state index contributed by atoms with van der Waals surface area (Å²) in [7, 11) is 1.56. The summed E-state index contributed by atoms with van der Waals surface area (Å²) < 4.78 is 26.7. The normalized spacial score (nSPS) is 22.2. The van der Waals surface area contributed by atoms with Crippen molar-refractivity contribution in [3.8, 4) is 5.95 Å². The molecule has 3 aromatic rings. The highest BCUT2D eigenvalue weighted by Crippen LogP contribution is 2.32. The van der Waals surface area contributed by atoms with Gasteiger partial charge in [0.25, 0.3) is 5.95 Å². The smallest absolute Gasteiger partial charge is 0.291 e. The SMILES string of the molecule is CCc1nn(-c2noc(C3CCN(C4CCN(C(=O)COC)CC4C)CC3)n2)c2c(F)cccc12. The Bertz CT molecular complexity index is 1190. The van der Waals surface area contributed by atoms with Gasteiger partial charge in [-0.25, -0.2) is 4.39 Å². The molecule has 1 aromatic carbocycles. The molecule has 35 heavy (non-hydrogen) atoms. The van der Waals surface area contributed by atoms with Crippen LogP contribution in [0.15, 0.2) is 22.7 Å². The first-order valence-corrected chi connectivity index (χ1v) is 12.5. The van der Waals surface area contributed by atoms with Gasteiger partial charge < -0.3 is 14.2 Å². The van der Waals surface area contributed by atoms with Crippen molar-refractivity contribution in [3.05, 3.63) is 35.6 Å². The van der Waals surface area contributed by atoms with Crippen LogP contribution in [0.25, 0.3) is 16.9 Å². The van der Waals surface area contributed by atoms with Gasteiger partial charge in [-0.15, -0.1) is 0 Å². The van der Waals surface area contributed by atoms with E-state index in [0.29, 0.717) is 29.8 Å². The second-order valence-corrected chi connectivity index (χ2v) is 9.70. The van der Waals surface area contributed by atoms with Gasteiger partial charge in [-0.1, -0.05) is 26.0 Å². The lowest BCUT2D eigenvalue weighted by Gasteiger charge is -2.44. The van der Waals surface area contributed by atoms with Crippen LogP contribution in [-0.4, -0.2) is 81.6 Å². The van der Waals surface area contributed by atoms with Gasteiger partial charge in [0.1, 0.15) is 17.9 Å². The van der Waals surface area contributed by atoms with Crippen molar-refractivity contribution in [3.63, 3.8) is 0 Å². The predicted octanol–water partition coefficient (Wildman–Crippen LogP) is 3.17. The second kappa shape index (κ2) is 10.0. The number of likely N-dealkylation sites (tertiary alicyclic amines) is 2. The Labute approximate surface area is 204 Å². The summed E-state index contributed by atoms with van der Waals surface area (Å²) in [5, 5.41) is 9.48. The van der Waals surface area contributed by atoms with Crippen LogP contribution < -0.4 is 0 Å². The van der Waals surface area contributed by atoms with Crippen molar-refractivity contribution in [2.24, 2.45) is 5.92 Å². The van der Waals surface area contributed by atoms with Crippen LogP contribution >= 0.6 is 0 Å². The van der Waals surface area contributed by atoms with Gasteiger partial charge in [0.05, 0.1) is 5.69 Å². The number of para-hydroxylation sites is 1. The van der Waals surface area contributed by atoms with Crippen molar-refractivity contribution in [2.75, 3.05) is 39.9 Å². The molecule has 4 heterocycles. The molecular weight excluding hydrogens is 451 g/mol. The van der Waals surface area contributed by atoms with Crippen LogP contribution in [0.4, 0.5) is 4.39 Å². The number of rotatable bonds is 6. The molecule has 5 rings (SSSR count). The minimum Gasteiger partial charge on any atom is -0.375 e. The van der Waals surface area contributed by atoms with Crippen molar-refractivity contribution >= 4 is 16.8 Å². The molecule has 2 aromatic heterocycles. The van der Waals surface area contributed by atoms with Crippen LogP contribution in [0.2, 0.25) is 0 Å². The van der Waals surface area contributed by atoms with E-state index in [-0.39, 0.29) is 30.2 Å². The zero-order valence-electron chi connectivity index (χ0n) is 20.6. The molecule has 2 aliphatic rings. The van der Waals surface area contributed by atoms with Crippen LogP contribution in [0.3, 0.4) is 0 Å². The zero-order chi connectivity index (χ0) is 24.5. The lowest BCUT2D eigenvalue weighted by molar-refractivity contribution is -0.138. The molecule has 2 saturated heterocycles. The fourth-order valence-electron chi connectivity index (χ4n) is 5.67. The molecule has 0 aliphatic carbocycles. The number of carbonyl (C=O) groups excluding carboxylic acids is 1. The summed E-state index contributed by atoms with van der Waals surface area (Å²) in [6.45, 7) is 7.81. The lowest BCUT2D eigenvalue weighted by Crippen LogP contribution is -2.53. The van der Waals surface area contributed by atoms with E-state index in [0.717, 1.165) is 56.5 Å². The van der Waals surface area contributed by atoms with E-state index in [2.05, 4.69) is 27.1 Å². The van der Waals surface area contributed by atoms with E-state index in [1.54, 1.807) is 13.2 Å². The minimum absolute atomic E-state index is 0.0691. The average Bonchev–Trinajstić information content (AvgIpc) is 3.50. The third kappa shape index (κ3) is 4.56. The number of aryl methyl sites for hydroxylation is 1. The molecule has 2 fully saturated rings. The molecule has 2 atom stereocenters. The quantitative estimate of drug-likeness (QED) is 0.531. The summed E-state index contributed by atoms with van der Waals surface area (Å²) in [5.74, 6) is 1.16. The number of ether oxygens (including phenoxy) is 1. The molecule has 0 spiro atoms. The summed E-state index contributed by atoms with van der Waals surface area (Å²) in [6.07, 6.45) is 3.51. The van der Waals surface area contributed by atoms with Gasteiger partial charge in [0.2, 0.25) is 11.8 Å². The Kier molecular flexibility index (Phi) is 6.84. The molecule has 1 amide bonds. The summed E-state index contributed by atoms with van der Waals surface area (Å²) in [5.41, 5.74) is 1.19. The third-order valence-electron chi connectivity index (χ3n) is 7.51. The highest BCUT2D eigenvalue weighted by atomic mass is 19.1. The Morgan fingerprint density at radius 1 is 1.23 bits per heavy atom. The van der Waals surface area contributed by atoms with E-state index in [1.807, 2.05) is 17.9 Å². The zero-order valence-corrected chi connectivity index (χ0v) is 20.6. The van der Waals surface area contributed by atoms with Crippen molar-refractivity contribution in [1.29, 1.82) is 0 Å². The predicted molar refractivity (Wildman–Crippen MR) is 128 cm³/mol. The first-order chi connectivity index (χ1) is 17.0. The van der Waals surface area contributed by atoms with Gasteiger partial charge in [-0.05, 0) is 55.9 Å². The molecule has 0 saturated carbocycles. The first kappa shape index (κ1) is 23.9. The summed E-state index contributed by atoms with van der Waals surface area (Å²) >= 11 is 0. The topological polar surface area (TPSA) is 89.5 Å². The van der Waals surface area contributed by atoms with E-state index < -0.39 is 0 Å². The largest absolute Gasteiger partial charge is 0.375 e. The Morgan fingerprint density at radius 3 is 2.74 bits per heavy atom. The van der Waals surface area contributed by atoms with Crippen molar-refractivity contribution < 1.29 is 18.4 Å².